The van der Waals surface area contributed by atoms with Crippen molar-refractivity contribution in [2.24, 2.45) is 0 Å². The van der Waals surface area contributed by atoms with Crippen LogP contribution in [-0.2, 0) is 6.54 Å². The molecule has 0 saturated carbocycles. The Morgan fingerprint density at radius 1 is 1.04 bits per heavy atom. The van der Waals surface area contributed by atoms with Crippen molar-refractivity contribution in [2.75, 3.05) is 24.7 Å². The van der Waals surface area contributed by atoms with Gasteiger partial charge in [-0.2, -0.15) is 0 Å². The maximum Gasteiger partial charge on any atom is 0.258 e. The number of nitrogens with zero attached hydrogens (tertiary/aromatic N) is 4. The van der Waals surface area contributed by atoms with Crippen LogP contribution in [0.3, 0.4) is 0 Å². The summed E-state index contributed by atoms with van der Waals surface area (Å²) in [6, 6.07) is 10.0. The molecule has 7 nitrogen and oxygen atoms in total. The van der Waals surface area contributed by atoms with Crippen molar-refractivity contribution < 1.29 is 4.79 Å². The maximum absolute atomic E-state index is 12.5. The van der Waals surface area contributed by atoms with Gasteiger partial charge in [0.15, 0.2) is 0 Å². The normalized spacial score (nSPS) is 10.8. The number of carbonyl (C=O) groups excluding carboxylic acids is 1. The molecule has 0 aliphatic rings. The predicted molar refractivity (Wildman–Crippen MR) is 111 cm³/mol. The Bertz CT molecular complexity index is 975. The SMILES string of the molecule is CN(C)Cc1nccc(Nc2cc(NC(=O)c3c(Cl)cccc3Cl)ccn2)n1. The lowest BCUT2D eigenvalue weighted by Crippen LogP contribution is -2.14. The molecule has 3 rings (SSSR count). The van der Waals surface area contributed by atoms with E-state index in [1.165, 1.54) is 0 Å². The third-order valence-electron chi connectivity index (χ3n) is 3.63. The lowest BCUT2D eigenvalue weighted by atomic mass is 10.2. The molecule has 0 fully saturated rings. The number of pyridine rings is 1. The summed E-state index contributed by atoms with van der Waals surface area (Å²) >= 11 is 12.2. The van der Waals surface area contributed by atoms with Gasteiger partial charge in [0.25, 0.3) is 5.91 Å². The zero-order valence-corrected chi connectivity index (χ0v) is 16.8. The van der Waals surface area contributed by atoms with Crippen LogP contribution in [0.2, 0.25) is 10.0 Å². The highest BCUT2D eigenvalue weighted by Gasteiger charge is 2.15. The average molecular weight is 417 g/mol. The van der Waals surface area contributed by atoms with E-state index in [2.05, 4.69) is 25.6 Å². The van der Waals surface area contributed by atoms with Gasteiger partial charge >= 0.3 is 0 Å². The molecule has 28 heavy (non-hydrogen) atoms. The molecule has 0 aliphatic carbocycles. The van der Waals surface area contributed by atoms with E-state index < -0.39 is 5.91 Å². The van der Waals surface area contributed by atoms with Crippen molar-refractivity contribution in [3.63, 3.8) is 0 Å². The number of aromatic nitrogens is 3. The van der Waals surface area contributed by atoms with Gasteiger partial charge < -0.3 is 15.5 Å². The van der Waals surface area contributed by atoms with Gasteiger partial charge in [0.1, 0.15) is 17.5 Å². The number of nitrogens with one attached hydrogen (secondary N) is 2. The molecule has 0 atom stereocenters. The van der Waals surface area contributed by atoms with E-state index in [9.17, 15) is 4.79 Å². The summed E-state index contributed by atoms with van der Waals surface area (Å²) in [5.41, 5.74) is 0.766. The molecule has 0 unspecified atom stereocenters. The highest BCUT2D eigenvalue weighted by Crippen LogP contribution is 2.25. The van der Waals surface area contributed by atoms with E-state index in [0.717, 1.165) is 0 Å². The van der Waals surface area contributed by atoms with Gasteiger partial charge in [0.05, 0.1) is 22.2 Å². The van der Waals surface area contributed by atoms with Crippen molar-refractivity contribution in [1.82, 2.24) is 19.9 Å². The van der Waals surface area contributed by atoms with E-state index in [0.29, 0.717) is 29.7 Å². The smallest absolute Gasteiger partial charge is 0.258 e. The minimum Gasteiger partial charge on any atom is -0.325 e. The molecule has 2 N–H and O–H groups in total. The van der Waals surface area contributed by atoms with Gasteiger partial charge in [-0.1, -0.05) is 29.3 Å². The summed E-state index contributed by atoms with van der Waals surface area (Å²) in [6.07, 6.45) is 3.26. The largest absolute Gasteiger partial charge is 0.325 e. The molecule has 0 spiro atoms. The number of carbonyl (C=O) groups is 1. The highest BCUT2D eigenvalue weighted by atomic mass is 35.5. The Kier molecular flexibility index (Phi) is 6.41. The van der Waals surface area contributed by atoms with Crippen molar-refractivity contribution >= 4 is 46.4 Å². The van der Waals surface area contributed by atoms with Crippen molar-refractivity contribution in [2.45, 2.75) is 6.54 Å². The van der Waals surface area contributed by atoms with Gasteiger partial charge in [-0.25, -0.2) is 15.0 Å². The highest BCUT2D eigenvalue weighted by molar-refractivity contribution is 6.40. The number of anilines is 3. The predicted octanol–water partition coefficient (Wildman–Crippen LogP) is 4.24. The average Bonchev–Trinajstić information content (AvgIpc) is 2.61. The van der Waals surface area contributed by atoms with Gasteiger partial charge in [-0.05, 0) is 38.4 Å². The fraction of sp³-hybridized carbons (Fsp3) is 0.158. The lowest BCUT2D eigenvalue weighted by molar-refractivity contribution is 0.102. The van der Waals surface area contributed by atoms with Gasteiger partial charge in [-0.15, -0.1) is 0 Å². The van der Waals surface area contributed by atoms with E-state index in [1.54, 1.807) is 48.8 Å². The van der Waals surface area contributed by atoms with Crippen molar-refractivity contribution in [3.8, 4) is 0 Å². The third kappa shape index (κ3) is 5.16. The number of hydrogen-bond donors (Lipinski definition) is 2. The van der Waals surface area contributed by atoms with Gasteiger partial charge in [0, 0.05) is 24.1 Å². The Balaban J connectivity index is 1.75. The summed E-state index contributed by atoms with van der Waals surface area (Å²) < 4.78 is 0. The quantitative estimate of drug-likeness (QED) is 0.625. The summed E-state index contributed by atoms with van der Waals surface area (Å²) in [4.78, 5) is 27.4. The van der Waals surface area contributed by atoms with Crippen LogP contribution in [0.25, 0.3) is 0 Å². The van der Waals surface area contributed by atoms with Gasteiger partial charge in [0.2, 0.25) is 0 Å². The molecule has 1 aromatic carbocycles. The number of benzene rings is 1. The fourth-order valence-corrected chi connectivity index (χ4v) is 3.01. The molecular weight excluding hydrogens is 399 g/mol. The van der Waals surface area contributed by atoms with Crippen LogP contribution in [0.4, 0.5) is 17.3 Å². The van der Waals surface area contributed by atoms with E-state index in [1.807, 2.05) is 19.0 Å². The molecule has 0 bridgehead atoms. The minimum absolute atomic E-state index is 0.223. The fourth-order valence-electron chi connectivity index (χ4n) is 2.44. The first-order valence-electron chi connectivity index (χ1n) is 8.37. The molecule has 0 aliphatic heterocycles. The summed E-state index contributed by atoms with van der Waals surface area (Å²) in [7, 11) is 3.89. The maximum atomic E-state index is 12.5. The molecule has 144 valence electrons. The van der Waals surface area contributed by atoms with Crippen LogP contribution in [0.15, 0.2) is 48.8 Å². The Morgan fingerprint density at radius 2 is 1.75 bits per heavy atom. The number of amides is 1. The zero-order valence-electron chi connectivity index (χ0n) is 15.3. The van der Waals surface area contributed by atoms with Crippen LogP contribution >= 0.6 is 23.2 Å². The van der Waals surface area contributed by atoms with Crippen molar-refractivity contribution in [1.29, 1.82) is 0 Å². The van der Waals surface area contributed by atoms with E-state index in [-0.39, 0.29) is 15.6 Å². The third-order valence-corrected chi connectivity index (χ3v) is 4.26. The second-order valence-electron chi connectivity index (χ2n) is 6.20. The first-order valence-corrected chi connectivity index (χ1v) is 9.13. The van der Waals surface area contributed by atoms with Crippen LogP contribution in [0, 0.1) is 0 Å². The molecule has 2 heterocycles. The van der Waals surface area contributed by atoms with E-state index in [4.69, 9.17) is 23.2 Å². The van der Waals surface area contributed by atoms with Crippen LogP contribution in [-0.4, -0.2) is 39.9 Å². The van der Waals surface area contributed by atoms with E-state index >= 15 is 0 Å². The molecular formula is C19H18Cl2N6O. The number of rotatable bonds is 6. The summed E-state index contributed by atoms with van der Waals surface area (Å²) in [6.45, 7) is 0.623. The Hall–Kier alpha value is -2.74. The lowest BCUT2D eigenvalue weighted by Gasteiger charge is -2.11. The molecule has 2 aromatic heterocycles. The number of hydrogen-bond acceptors (Lipinski definition) is 6. The molecule has 0 saturated heterocycles. The summed E-state index contributed by atoms with van der Waals surface area (Å²) in [5, 5.41) is 6.45. The second kappa shape index (κ2) is 8.97. The standard InChI is InChI=1S/C19H18Cl2N6O/c1-27(2)11-17-23-9-7-15(26-17)25-16-10-12(6-8-22-16)24-19(28)18-13(20)4-3-5-14(18)21/h3-10H,11H2,1-2H3,(H2,22,23,24,25,26,28). The monoisotopic (exact) mass is 416 g/mol. The molecule has 3 aromatic rings. The topological polar surface area (TPSA) is 83.0 Å². The first-order chi connectivity index (χ1) is 13.4. The zero-order chi connectivity index (χ0) is 20.1. The Labute approximate surface area is 172 Å². The molecule has 9 heteroatoms. The van der Waals surface area contributed by atoms with Crippen LogP contribution in [0.1, 0.15) is 16.2 Å². The van der Waals surface area contributed by atoms with Crippen molar-refractivity contribution in [3.05, 3.63) is 70.2 Å². The Morgan fingerprint density at radius 3 is 2.46 bits per heavy atom. The first kappa shape index (κ1) is 20.0. The van der Waals surface area contributed by atoms with Gasteiger partial charge in [-0.3, -0.25) is 4.79 Å². The molecule has 0 radical (unpaired) electrons. The number of halogens is 2. The van der Waals surface area contributed by atoms with Crippen LogP contribution in [0.5, 0.6) is 0 Å². The minimum atomic E-state index is -0.400. The summed E-state index contributed by atoms with van der Waals surface area (Å²) in [5.74, 6) is 1.42. The van der Waals surface area contributed by atoms with Crippen LogP contribution < -0.4 is 10.6 Å². The second-order valence-corrected chi connectivity index (χ2v) is 7.02. The molecule has 1 amide bonds.